The summed E-state index contributed by atoms with van der Waals surface area (Å²) in [5, 5.41) is 21.8. The normalized spacial score (nSPS) is 11.6. The van der Waals surface area contributed by atoms with E-state index in [1.807, 2.05) is 26.0 Å². The number of nitrogens with zero attached hydrogens (tertiary/aromatic N) is 4. The van der Waals surface area contributed by atoms with E-state index in [0.29, 0.717) is 30.1 Å². The Labute approximate surface area is 127 Å². The molecule has 0 radical (unpaired) electrons. The zero-order valence-electron chi connectivity index (χ0n) is 12.0. The van der Waals surface area contributed by atoms with Crippen molar-refractivity contribution in [3.05, 3.63) is 40.7 Å². The first kappa shape index (κ1) is 15.4. The van der Waals surface area contributed by atoms with E-state index < -0.39 is 11.5 Å². The van der Waals surface area contributed by atoms with Crippen molar-refractivity contribution in [1.82, 2.24) is 20.2 Å². The van der Waals surface area contributed by atoms with Gasteiger partial charge in [0.25, 0.3) is 0 Å². The van der Waals surface area contributed by atoms with Crippen LogP contribution in [0, 0.1) is 0 Å². The number of rotatable bonds is 6. The third-order valence-electron chi connectivity index (χ3n) is 3.78. The van der Waals surface area contributed by atoms with E-state index in [-0.39, 0.29) is 0 Å². The molecule has 0 saturated heterocycles. The molecule has 0 aliphatic carbocycles. The molecule has 0 aliphatic heterocycles. The number of hydrogen-bond acceptors (Lipinski definition) is 4. The summed E-state index contributed by atoms with van der Waals surface area (Å²) in [6.07, 6.45) is 1.29. The first-order valence-electron chi connectivity index (χ1n) is 6.79. The second-order valence-corrected chi connectivity index (χ2v) is 5.29. The van der Waals surface area contributed by atoms with Crippen LogP contribution in [0.25, 0.3) is 0 Å². The van der Waals surface area contributed by atoms with Crippen molar-refractivity contribution in [1.29, 1.82) is 0 Å². The molecule has 0 aliphatic rings. The molecule has 0 saturated carbocycles. The summed E-state index contributed by atoms with van der Waals surface area (Å²) in [4.78, 5) is 11.7. The molecule has 0 atom stereocenters. The van der Waals surface area contributed by atoms with Crippen LogP contribution in [0.3, 0.4) is 0 Å². The van der Waals surface area contributed by atoms with E-state index >= 15 is 0 Å². The molecule has 0 spiro atoms. The van der Waals surface area contributed by atoms with Crippen LogP contribution in [0.1, 0.15) is 38.1 Å². The maximum absolute atomic E-state index is 11.7. The third-order valence-corrected chi connectivity index (χ3v) is 4.03. The zero-order chi connectivity index (χ0) is 15.5. The Balaban J connectivity index is 2.37. The highest BCUT2D eigenvalue weighted by Gasteiger charge is 2.40. The summed E-state index contributed by atoms with van der Waals surface area (Å²) in [6.45, 7) is 3.65. The van der Waals surface area contributed by atoms with Gasteiger partial charge >= 0.3 is 5.97 Å². The highest BCUT2D eigenvalue weighted by molar-refractivity contribution is 6.30. The van der Waals surface area contributed by atoms with Gasteiger partial charge in [0.1, 0.15) is 0 Å². The second-order valence-electron chi connectivity index (χ2n) is 4.85. The molecule has 21 heavy (non-hydrogen) atoms. The van der Waals surface area contributed by atoms with E-state index in [2.05, 4.69) is 15.5 Å². The molecule has 1 aromatic heterocycles. The fraction of sp³-hybridized carbons (Fsp3) is 0.429. The lowest BCUT2D eigenvalue weighted by molar-refractivity contribution is -0.148. The summed E-state index contributed by atoms with van der Waals surface area (Å²) >= 11 is 5.86. The first-order chi connectivity index (χ1) is 10.0. The van der Waals surface area contributed by atoms with E-state index in [4.69, 9.17) is 11.6 Å². The molecule has 112 valence electrons. The standard InChI is InChI=1S/C14H17ClN4O2/c1-3-14(4-2,13(20)21)19-12(16-17-18-19)9-10-5-7-11(15)8-6-10/h5-8H,3-4,9H2,1-2H3,(H,20,21). The molecule has 0 bridgehead atoms. The van der Waals surface area contributed by atoms with Gasteiger partial charge in [0, 0.05) is 11.4 Å². The zero-order valence-corrected chi connectivity index (χ0v) is 12.7. The van der Waals surface area contributed by atoms with Gasteiger partial charge in [-0.1, -0.05) is 37.6 Å². The molecule has 1 N–H and O–H groups in total. The Kier molecular flexibility index (Phi) is 4.57. The number of hydrogen-bond donors (Lipinski definition) is 1. The molecule has 1 aromatic carbocycles. The van der Waals surface area contributed by atoms with Crippen molar-refractivity contribution in [2.24, 2.45) is 0 Å². The minimum atomic E-state index is -1.11. The van der Waals surface area contributed by atoms with Crippen molar-refractivity contribution in [2.45, 2.75) is 38.6 Å². The van der Waals surface area contributed by atoms with Crippen molar-refractivity contribution in [3.8, 4) is 0 Å². The predicted octanol–water partition coefficient (Wildman–Crippen LogP) is 2.52. The predicted molar refractivity (Wildman–Crippen MR) is 78.3 cm³/mol. The summed E-state index contributed by atoms with van der Waals surface area (Å²) in [7, 11) is 0. The number of carboxylic acid groups (broad SMARTS) is 1. The molecule has 6 nitrogen and oxygen atoms in total. The van der Waals surface area contributed by atoms with Gasteiger partial charge in [0.2, 0.25) is 0 Å². The maximum Gasteiger partial charge on any atom is 0.331 e. The van der Waals surface area contributed by atoms with Crippen molar-refractivity contribution in [2.75, 3.05) is 0 Å². The number of carbonyl (C=O) groups is 1. The molecule has 0 unspecified atom stereocenters. The van der Waals surface area contributed by atoms with Crippen LogP contribution in [0.2, 0.25) is 5.02 Å². The van der Waals surface area contributed by atoms with Crippen LogP contribution in [0.15, 0.2) is 24.3 Å². The molecular weight excluding hydrogens is 292 g/mol. The highest BCUT2D eigenvalue weighted by Crippen LogP contribution is 2.26. The van der Waals surface area contributed by atoms with Crippen LogP contribution in [0.4, 0.5) is 0 Å². The van der Waals surface area contributed by atoms with Gasteiger partial charge in [0.05, 0.1) is 0 Å². The van der Waals surface area contributed by atoms with E-state index in [1.54, 1.807) is 12.1 Å². The van der Waals surface area contributed by atoms with E-state index in [1.165, 1.54) is 4.68 Å². The van der Waals surface area contributed by atoms with E-state index in [0.717, 1.165) is 5.56 Å². The first-order valence-corrected chi connectivity index (χ1v) is 7.17. The lowest BCUT2D eigenvalue weighted by Crippen LogP contribution is -2.42. The van der Waals surface area contributed by atoms with Crippen molar-refractivity contribution in [3.63, 3.8) is 0 Å². The number of halogens is 1. The molecular formula is C14H17ClN4O2. The quantitative estimate of drug-likeness (QED) is 0.886. The number of carboxylic acids is 1. The lowest BCUT2D eigenvalue weighted by Gasteiger charge is -2.27. The van der Waals surface area contributed by atoms with Crippen molar-refractivity contribution >= 4 is 17.6 Å². The minimum Gasteiger partial charge on any atom is -0.479 e. The fourth-order valence-corrected chi connectivity index (χ4v) is 2.50. The van der Waals surface area contributed by atoms with Gasteiger partial charge in [-0.2, -0.15) is 0 Å². The SMILES string of the molecule is CCC(CC)(C(=O)O)n1nnnc1Cc1ccc(Cl)cc1. The smallest absolute Gasteiger partial charge is 0.331 e. The Bertz CT molecular complexity index is 620. The number of aromatic nitrogens is 4. The number of aliphatic carboxylic acids is 1. The second kappa shape index (κ2) is 6.22. The van der Waals surface area contributed by atoms with Crippen LogP contribution >= 0.6 is 11.6 Å². The average molecular weight is 309 g/mol. The number of tetrazole rings is 1. The highest BCUT2D eigenvalue weighted by atomic mass is 35.5. The van der Waals surface area contributed by atoms with Gasteiger partial charge in [-0.05, 0) is 41.0 Å². The molecule has 7 heteroatoms. The summed E-state index contributed by atoms with van der Waals surface area (Å²) < 4.78 is 1.43. The maximum atomic E-state index is 11.7. The summed E-state index contributed by atoms with van der Waals surface area (Å²) in [5.74, 6) is -0.388. The fourth-order valence-electron chi connectivity index (χ4n) is 2.38. The Morgan fingerprint density at radius 2 is 1.90 bits per heavy atom. The van der Waals surface area contributed by atoms with Crippen LogP contribution in [-0.2, 0) is 16.8 Å². The van der Waals surface area contributed by atoms with Crippen LogP contribution in [0.5, 0.6) is 0 Å². The monoisotopic (exact) mass is 308 g/mol. The lowest BCUT2D eigenvalue weighted by atomic mass is 9.93. The molecule has 0 amide bonds. The van der Waals surface area contributed by atoms with Gasteiger partial charge in [0.15, 0.2) is 11.4 Å². The van der Waals surface area contributed by atoms with Gasteiger partial charge in [-0.3, -0.25) is 0 Å². The molecule has 1 heterocycles. The molecule has 0 fully saturated rings. The van der Waals surface area contributed by atoms with Crippen LogP contribution in [-0.4, -0.2) is 31.3 Å². The van der Waals surface area contributed by atoms with Gasteiger partial charge in [-0.25, -0.2) is 9.48 Å². The third kappa shape index (κ3) is 2.90. The average Bonchev–Trinajstić information content (AvgIpc) is 2.92. The molecule has 2 rings (SSSR count). The Morgan fingerprint density at radius 1 is 1.29 bits per heavy atom. The van der Waals surface area contributed by atoms with Gasteiger partial charge < -0.3 is 5.11 Å². The minimum absolute atomic E-state index is 0.414. The summed E-state index contributed by atoms with van der Waals surface area (Å²) in [5.41, 5.74) is -0.132. The van der Waals surface area contributed by atoms with Crippen LogP contribution < -0.4 is 0 Å². The van der Waals surface area contributed by atoms with E-state index in [9.17, 15) is 9.90 Å². The molecule has 2 aromatic rings. The topological polar surface area (TPSA) is 80.9 Å². The largest absolute Gasteiger partial charge is 0.479 e. The Morgan fingerprint density at radius 3 is 2.43 bits per heavy atom. The van der Waals surface area contributed by atoms with Gasteiger partial charge in [-0.15, -0.1) is 5.10 Å². The van der Waals surface area contributed by atoms with Crippen molar-refractivity contribution < 1.29 is 9.90 Å². The number of benzene rings is 1. The summed E-state index contributed by atoms with van der Waals surface area (Å²) in [6, 6.07) is 7.33. The Hall–Kier alpha value is -1.95.